The van der Waals surface area contributed by atoms with Gasteiger partial charge in [0.05, 0.1) is 13.2 Å². The molecule has 5 atom stereocenters. The van der Waals surface area contributed by atoms with Crippen LogP contribution in [0.25, 0.3) is 10.9 Å². The van der Waals surface area contributed by atoms with Crippen molar-refractivity contribution in [2.75, 3.05) is 13.2 Å². The summed E-state index contributed by atoms with van der Waals surface area (Å²) in [5, 5.41) is 41.1. The van der Waals surface area contributed by atoms with Gasteiger partial charge in [0.2, 0.25) is 0 Å². The lowest BCUT2D eigenvalue weighted by atomic mass is 9.90. The van der Waals surface area contributed by atoms with Crippen LogP contribution in [-0.2, 0) is 24.0 Å². The zero-order valence-electron chi connectivity index (χ0n) is 17.1. The van der Waals surface area contributed by atoms with E-state index >= 15 is 0 Å². The van der Waals surface area contributed by atoms with Gasteiger partial charge in [-0.1, -0.05) is 18.2 Å². The highest BCUT2D eigenvalue weighted by Crippen LogP contribution is 2.34. The van der Waals surface area contributed by atoms with Gasteiger partial charge in [0.15, 0.2) is 0 Å². The molecular formula is C24H27NO6. The molecular weight excluding hydrogens is 398 g/mol. The highest BCUT2D eigenvalue weighted by molar-refractivity contribution is 5.84. The van der Waals surface area contributed by atoms with E-state index in [9.17, 15) is 20.4 Å². The molecule has 5 rings (SSSR count). The van der Waals surface area contributed by atoms with Crippen LogP contribution >= 0.6 is 0 Å². The van der Waals surface area contributed by atoms with Crippen LogP contribution < -0.4 is 4.74 Å². The van der Waals surface area contributed by atoms with Crippen molar-refractivity contribution in [3.63, 3.8) is 0 Å². The molecule has 0 amide bonds. The minimum atomic E-state index is -1.39. The highest BCUT2D eigenvalue weighted by atomic mass is 16.5. The number of hydrogen-bond acceptors (Lipinski definition) is 6. The van der Waals surface area contributed by atoms with Crippen LogP contribution in [0, 0.1) is 0 Å². The molecule has 1 saturated heterocycles. The molecule has 0 saturated carbocycles. The normalized spacial score (nSPS) is 27.9. The Labute approximate surface area is 179 Å². The summed E-state index contributed by atoms with van der Waals surface area (Å²) in [6.45, 7) is 0.312. The molecule has 0 radical (unpaired) electrons. The fourth-order valence-corrected chi connectivity index (χ4v) is 4.63. The van der Waals surface area contributed by atoms with E-state index in [4.69, 9.17) is 9.47 Å². The van der Waals surface area contributed by atoms with Crippen molar-refractivity contribution in [2.24, 2.45) is 0 Å². The second-order valence-electron chi connectivity index (χ2n) is 8.41. The van der Waals surface area contributed by atoms with Gasteiger partial charge in [0.1, 0.15) is 36.3 Å². The number of aromatic amines is 1. The molecule has 0 aliphatic carbocycles. The maximum atomic E-state index is 10.5. The number of aliphatic hydroxyl groups is 4. The van der Waals surface area contributed by atoms with Crippen molar-refractivity contribution in [3.05, 3.63) is 64.8 Å². The second-order valence-corrected chi connectivity index (χ2v) is 8.41. The van der Waals surface area contributed by atoms with E-state index in [-0.39, 0.29) is 0 Å². The molecule has 7 heteroatoms. The van der Waals surface area contributed by atoms with Crippen LogP contribution in [0.2, 0.25) is 0 Å². The Hall–Kier alpha value is -2.42. The number of fused-ring (bicyclic) bond motifs is 2. The van der Waals surface area contributed by atoms with Gasteiger partial charge in [0.25, 0.3) is 0 Å². The van der Waals surface area contributed by atoms with Crippen molar-refractivity contribution in [2.45, 2.75) is 49.8 Å². The van der Waals surface area contributed by atoms with Crippen molar-refractivity contribution in [3.8, 4) is 5.75 Å². The fourth-order valence-electron chi connectivity index (χ4n) is 4.63. The SMILES string of the molecule is OCC1OC(c2ccc3[nH]cc(CCc4ccc5c(c4)CCO5)c3c2)C(O)C(O)C1O. The van der Waals surface area contributed by atoms with Crippen molar-refractivity contribution in [1.29, 1.82) is 0 Å². The smallest absolute Gasteiger partial charge is 0.122 e. The Kier molecular flexibility index (Phi) is 5.45. The third-order valence-electron chi connectivity index (χ3n) is 6.45. The quantitative estimate of drug-likeness (QED) is 0.422. The van der Waals surface area contributed by atoms with E-state index in [1.807, 2.05) is 30.5 Å². The Balaban J connectivity index is 1.38. The summed E-state index contributed by atoms with van der Waals surface area (Å²) in [4.78, 5) is 3.29. The molecule has 1 aromatic heterocycles. The standard InChI is InChI=1S/C24H27NO6/c26-12-20-21(27)22(28)23(29)24(31-20)15-4-5-18-17(10-15)16(11-25-18)3-1-13-2-6-19-14(9-13)7-8-30-19/h2,4-6,9-11,20-29H,1,3,7-8,12H2. The minimum absolute atomic E-state index is 0.440. The molecule has 1 fully saturated rings. The first kappa shape index (κ1) is 20.5. The highest BCUT2D eigenvalue weighted by Gasteiger charge is 2.43. The van der Waals surface area contributed by atoms with Gasteiger partial charge in [-0.05, 0) is 53.3 Å². The summed E-state index contributed by atoms with van der Waals surface area (Å²) in [5.74, 6) is 0.986. The molecule has 0 bridgehead atoms. The molecule has 2 aliphatic heterocycles. The van der Waals surface area contributed by atoms with E-state index < -0.39 is 37.1 Å². The average molecular weight is 425 g/mol. The monoisotopic (exact) mass is 425 g/mol. The van der Waals surface area contributed by atoms with Gasteiger partial charge in [-0.25, -0.2) is 0 Å². The van der Waals surface area contributed by atoms with Gasteiger partial charge in [0, 0.05) is 23.5 Å². The summed E-state index contributed by atoms with van der Waals surface area (Å²) in [6, 6.07) is 12.1. The number of hydrogen-bond donors (Lipinski definition) is 5. The summed E-state index contributed by atoms with van der Waals surface area (Å²) in [6.07, 6.45) is -1.10. The number of H-pyrrole nitrogens is 1. The maximum absolute atomic E-state index is 10.5. The second kappa shape index (κ2) is 8.26. The molecule has 5 unspecified atom stereocenters. The molecule has 2 aliphatic rings. The predicted octanol–water partition coefficient (Wildman–Crippen LogP) is 1.40. The van der Waals surface area contributed by atoms with Crippen LogP contribution in [0.1, 0.15) is 28.4 Å². The summed E-state index contributed by atoms with van der Waals surface area (Å²) in [7, 11) is 0. The average Bonchev–Trinajstić information content (AvgIpc) is 3.42. The molecule has 0 spiro atoms. The Morgan fingerprint density at radius 2 is 1.84 bits per heavy atom. The van der Waals surface area contributed by atoms with Crippen LogP contribution in [0.3, 0.4) is 0 Å². The zero-order chi connectivity index (χ0) is 21.5. The summed E-state index contributed by atoms with van der Waals surface area (Å²) >= 11 is 0. The van der Waals surface area contributed by atoms with Crippen molar-refractivity contribution in [1.82, 2.24) is 4.98 Å². The molecule has 7 nitrogen and oxygen atoms in total. The molecule has 2 aromatic carbocycles. The van der Waals surface area contributed by atoms with Crippen LogP contribution in [0.15, 0.2) is 42.6 Å². The lowest BCUT2D eigenvalue weighted by Crippen LogP contribution is -2.55. The van der Waals surface area contributed by atoms with Gasteiger partial charge in [-0.2, -0.15) is 0 Å². The predicted molar refractivity (Wildman–Crippen MR) is 114 cm³/mol. The van der Waals surface area contributed by atoms with Crippen LogP contribution in [0.5, 0.6) is 5.75 Å². The van der Waals surface area contributed by atoms with Crippen molar-refractivity contribution >= 4 is 10.9 Å². The van der Waals surface area contributed by atoms with Gasteiger partial charge in [-0.15, -0.1) is 0 Å². The number of nitrogens with one attached hydrogen (secondary N) is 1. The Bertz CT molecular complexity index is 1080. The number of ether oxygens (including phenoxy) is 2. The summed E-state index contributed by atoms with van der Waals surface area (Å²) in [5.41, 5.74) is 5.36. The minimum Gasteiger partial charge on any atom is -0.493 e. The van der Waals surface area contributed by atoms with E-state index in [2.05, 4.69) is 17.1 Å². The van der Waals surface area contributed by atoms with E-state index in [1.54, 1.807) is 0 Å². The van der Waals surface area contributed by atoms with Gasteiger partial charge >= 0.3 is 0 Å². The van der Waals surface area contributed by atoms with E-state index in [0.717, 1.165) is 48.1 Å². The Morgan fingerprint density at radius 1 is 0.968 bits per heavy atom. The lowest BCUT2D eigenvalue weighted by molar-refractivity contribution is -0.231. The van der Waals surface area contributed by atoms with E-state index in [0.29, 0.717) is 5.56 Å². The van der Waals surface area contributed by atoms with Gasteiger partial charge in [-0.3, -0.25) is 0 Å². The third-order valence-corrected chi connectivity index (χ3v) is 6.45. The number of aliphatic hydroxyl groups excluding tert-OH is 4. The largest absolute Gasteiger partial charge is 0.493 e. The number of aromatic nitrogens is 1. The molecule has 164 valence electrons. The first-order valence-electron chi connectivity index (χ1n) is 10.7. The first-order chi connectivity index (χ1) is 15.0. The summed E-state index contributed by atoms with van der Waals surface area (Å²) < 4.78 is 11.3. The van der Waals surface area contributed by atoms with Crippen molar-refractivity contribution < 1.29 is 29.9 Å². The third kappa shape index (κ3) is 3.73. The van der Waals surface area contributed by atoms with Crippen LogP contribution in [-0.4, -0.2) is 63.0 Å². The Morgan fingerprint density at radius 3 is 2.68 bits per heavy atom. The maximum Gasteiger partial charge on any atom is 0.122 e. The molecule has 3 heterocycles. The molecule has 31 heavy (non-hydrogen) atoms. The number of rotatable bonds is 5. The van der Waals surface area contributed by atoms with E-state index in [1.165, 1.54) is 11.1 Å². The van der Waals surface area contributed by atoms with Crippen LogP contribution in [0.4, 0.5) is 0 Å². The molecule has 5 N–H and O–H groups in total. The lowest BCUT2D eigenvalue weighted by Gasteiger charge is -2.40. The topological polar surface area (TPSA) is 115 Å². The molecule has 3 aromatic rings. The number of aryl methyl sites for hydroxylation is 2. The number of benzene rings is 2. The fraction of sp³-hybridized carbons (Fsp3) is 0.417. The van der Waals surface area contributed by atoms with Gasteiger partial charge < -0.3 is 34.9 Å². The zero-order valence-corrected chi connectivity index (χ0v) is 17.1. The first-order valence-corrected chi connectivity index (χ1v) is 10.7.